The number of rotatable bonds is 6. The van der Waals surface area contributed by atoms with Crippen molar-refractivity contribution in [1.29, 1.82) is 0 Å². The summed E-state index contributed by atoms with van der Waals surface area (Å²) < 4.78 is 65.1. The molecule has 3 aromatic rings. The Bertz CT molecular complexity index is 1220. The highest BCUT2D eigenvalue weighted by Crippen LogP contribution is 2.32. The lowest BCUT2D eigenvalue weighted by molar-refractivity contribution is 0.0729. The van der Waals surface area contributed by atoms with Gasteiger partial charge in [0.25, 0.3) is 0 Å². The number of nitrogens with zero attached hydrogens (tertiary/aromatic N) is 3. The molecule has 32 heavy (non-hydrogen) atoms. The minimum Gasteiger partial charge on any atom is -0.495 e. The molecule has 11 heteroatoms. The van der Waals surface area contributed by atoms with Gasteiger partial charge in [-0.2, -0.15) is 4.31 Å². The zero-order valence-electron chi connectivity index (χ0n) is 17.1. The van der Waals surface area contributed by atoms with Gasteiger partial charge in [0.1, 0.15) is 22.3 Å². The number of hydrogen-bond acceptors (Lipinski definition) is 7. The number of nitrogens with one attached hydrogen (secondary N) is 1. The molecule has 0 spiro atoms. The van der Waals surface area contributed by atoms with E-state index in [0.717, 1.165) is 12.1 Å². The van der Waals surface area contributed by atoms with Crippen molar-refractivity contribution in [3.8, 4) is 17.0 Å². The maximum Gasteiger partial charge on any atom is 0.246 e. The second-order valence-corrected chi connectivity index (χ2v) is 8.84. The van der Waals surface area contributed by atoms with Crippen LogP contribution in [-0.2, 0) is 14.8 Å². The molecule has 0 unspecified atom stereocenters. The normalized spacial score (nSPS) is 14.8. The summed E-state index contributed by atoms with van der Waals surface area (Å²) >= 11 is 0. The lowest BCUT2D eigenvalue weighted by atomic mass is 10.1. The maximum absolute atomic E-state index is 13.8. The first-order chi connectivity index (χ1) is 15.4. The van der Waals surface area contributed by atoms with E-state index in [4.69, 9.17) is 9.47 Å². The van der Waals surface area contributed by atoms with E-state index in [0.29, 0.717) is 24.5 Å². The van der Waals surface area contributed by atoms with Crippen LogP contribution in [-0.4, -0.2) is 56.3 Å². The zero-order valence-corrected chi connectivity index (χ0v) is 17.9. The van der Waals surface area contributed by atoms with Gasteiger partial charge in [-0.05, 0) is 42.5 Å². The van der Waals surface area contributed by atoms with Gasteiger partial charge in [0.05, 0.1) is 31.7 Å². The molecule has 2 heterocycles. The van der Waals surface area contributed by atoms with Crippen LogP contribution in [0.15, 0.2) is 53.4 Å². The number of aromatic nitrogens is 2. The standard InChI is InChI=1S/C21H20F2N4O4S/c1-30-19-6-2-14(12-20(19)32(28,29)27-8-10-31-11-9-27)17-5-7-21(26-25-17)24-18-4-3-15(22)13-16(18)23/h2-7,12-13H,8-11H2,1H3,(H,24,26). The Hall–Kier alpha value is -3.15. The molecular formula is C21H20F2N4O4S. The van der Waals surface area contributed by atoms with Crippen molar-refractivity contribution in [2.24, 2.45) is 0 Å². The molecular weight excluding hydrogens is 442 g/mol. The molecule has 2 aromatic carbocycles. The van der Waals surface area contributed by atoms with Gasteiger partial charge >= 0.3 is 0 Å². The average molecular weight is 462 g/mol. The number of ether oxygens (including phenoxy) is 2. The lowest BCUT2D eigenvalue weighted by Gasteiger charge is -2.26. The number of anilines is 2. The number of hydrogen-bond donors (Lipinski definition) is 1. The lowest BCUT2D eigenvalue weighted by Crippen LogP contribution is -2.40. The molecule has 168 valence electrons. The van der Waals surface area contributed by atoms with Crippen LogP contribution in [0.25, 0.3) is 11.3 Å². The number of sulfonamides is 1. The third-order valence-corrected chi connectivity index (χ3v) is 6.83. The van der Waals surface area contributed by atoms with Crippen molar-refractivity contribution < 1.29 is 26.7 Å². The maximum atomic E-state index is 13.8. The first kappa shape index (κ1) is 22.1. The van der Waals surface area contributed by atoms with Crippen LogP contribution in [0, 0.1) is 11.6 Å². The second kappa shape index (κ2) is 9.15. The van der Waals surface area contributed by atoms with Crippen LogP contribution in [0.1, 0.15) is 0 Å². The largest absolute Gasteiger partial charge is 0.495 e. The molecule has 8 nitrogen and oxygen atoms in total. The van der Waals surface area contributed by atoms with Gasteiger partial charge in [-0.15, -0.1) is 10.2 Å². The fourth-order valence-electron chi connectivity index (χ4n) is 3.25. The van der Waals surface area contributed by atoms with Crippen LogP contribution in [0.5, 0.6) is 5.75 Å². The van der Waals surface area contributed by atoms with Crippen molar-refractivity contribution in [3.05, 3.63) is 60.2 Å². The topological polar surface area (TPSA) is 93.7 Å². The highest BCUT2D eigenvalue weighted by atomic mass is 32.2. The average Bonchev–Trinajstić information content (AvgIpc) is 2.81. The molecule has 0 aliphatic carbocycles. The third kappa shape index (κ3) is 4.54. The SMILES string of the molecule is COc1ccc(-c2ccc(Nc3ccc(F)cc3F)nn2)cc1S(=O)(=O)N1CCOCC1. The molecule has 0 radical (unpaired) electrons. The van der Waals surface area contributed by atoms with E-state index in [9.17, 15) is 17.2 Å². The molecule has 1 N–H and O–H groups in total. The molecule has 1 fully saturated rings. The van der Waals surface area contributed by atoms with Crippen molar-refractivity contribution in [2.75, 3.05) is 38.7 Å². The summed E-state index contributed by atoms with van der Waals surface area (Å²) in [5, 5.41) is 10.8. The zero-order chi connectivity index (χ0) is 22.7. The van der Waals surface area contributed by atoms with Gasteiger partial charge in [0.2, 0.25) is 10.0 Å². The fourth-order valence-corrected chi connectivity index (χ4v) is 4.83. The minimum atomic E-state index is -3.80. The monoisotopic (exact) mass is 462 g/mol. The Labute approximate surface area is 183 Å². The number of methoxy groups -OCH3 is 1. The Morgan fingerprint density at radius 3 is 2.47 bits per heavy atom. The summed E-state index contributed by atoms with van der Waals surface area (Å²) in [5.41, 5.74) is 0.984. The molecule has 1 aliphatic rings. The molecule has 1 saturated heterocycles. The molecule has 0 atom stereocenters. The Morgan fingerprint density at radius 1 is 1.03 bits per heavy atom. The number of benzene rings is 2. The summed E-state index contributed by atoms with van der Waals surface area (Å²) in [5.74, 6) is -0.979. The summed E-state index contributed by atoms with van der Waals surface area (Å²) in [7, 11) is -2.39. The summed E-state index contributed by atoms with van der Waals surface area (Å²) in [6, 6.07) is 11.0. The van der Waals surface area contributed by atoms with Crippen molar-refractivity contribution in [2.45, 2.75) is 4.90 Å². The van der Waals surface area contributed by atoms with E-state index in [-0.39, 0.29) is 35.2 Å². The van der Waals surface area contributed by atoms with E-state index in [2.05, 4.69) is 15.5 Å². The van der Waals surface area contributed by atoms with Crippen LogP contribution >= 0.6 is 0 Å². The van der Waals surface area contributed by atoms with E-state index >= 15 is 0 Å². The van der Waals surface area contributed by atoms with Crippen LogP contribution in [0.3, 0.4) is 0 Å². The van der Waals surface area contributed by atoms with Crippen molar-refractivity contribution >= 4 is 21.5 Å². The number of halogens is 2. The third-order valence-electron chi connectivity index (χ3n) is 4.91. The van der Waals surface area contributed by atoms with E-state index in [1.165, 1.54) is 23.5 Å². The highest BCUT2D eigenvalue weighted by molar-refractivity contribution is 7.89. The summed E-state index contributed by atoms with van der Waals surface area (Å²) in [4.78, 5) is 0.0248. The first-order valence-electron chi connectivity index (χ1n) is 9.70. The van der Waals surface area contributed by atoms with Crippen LogP contribution in [0.4, 0.5) is 20.3 Å². The van der Waals surface area contributed by atoms with Gasteiger partial charge in [0, 0.05) is 24.7 Å². The predicted octanol–water partition coefficient (Wildman–Crippen LogP) is 3.19. The summed E-state index contributed by atoms with van der Waals surface area (Å²) in [6.07, 6.45) is 0. The van der Waals surface area contributed by atoms with Gasteiger partial charge < -0.3 is 14.8 Å². The fraction of sp³-hybridized carbons (Fsp3) is 0.238. The van der Waals surface area contributed by atoms with Crippen molar-refractivity contribution in [3.63, 3.8) is 0 Å². The van der Waals surface area contributed by atoms with E-state index in [1.807, 2.05) is 0 Å². The molecule has 4 rings (SSSR count). The molecule has 0 bridgehead atoms. The van der Waals surface area contributed by atoms with E-state index < -0.39 is 21.7 Å². The number of morpholine rings is 1. The molecule has 1 aromatic heterocycles. The van der Waals surface area contributed by atoms with Crippen LogP contribution < -0.4 is 10.1 Å². The first-order valence-corrected chi connectivity index (χ1v) is 11.1. The van der Waals surface area contributed by atoms with Gasteiger partial charge in [-0.25, -0.2) is 17.2 Å². The molecule has 1 aliphatic heterocycles. The molecule has 0 saturated carbocycles. The Kier molecular flexibility index (Phi) is 6.31. The quantitative estimate of drug-likeness (QED) is 0.601. The molecule has 0 amide bonds. The van der Waals surface area contributed by atoms with Crippen LogP contribution in [0.2, 0.25) is 0 Å². The summed E-state index contributed by atoms with van der Waals surface area (Å²) in [6.45, 7) is 1.18. The minimum absolute atomic E-state index is 0.0248. The van der Waals surface area contributed by atoms with Crippen molar-refractivity contribution in [1.82, 2.24) is 14.5 Å². The highest BCUT2D eigenvalue weighted by Gasteiger charge is 2.29. The predicted molar refractivity (Wildman–Crippen MR) is 113 cm³/mol. The van der Waals surface area contributed by atoms with Gasteiger partial charge in [0.15, 0.2) is 5.82 Å². The Morgan fingerprint density at radius 2 is 1.81 bits per heavy atom. The Balaban J connectivity index is 1.61. The second-order valence-electron chi connectivity index (χ2n) is 6.94. The smallest absolute Gasteiger partial charge is 0.246 e. The van der Waals surface area contributed by atoms with Gasteiger partial charge in [-0.1, -0.05) is 0 Å². The van der Waals surface area contributed by atoms with E-state index in [1.54, 1.807) is 24.3 Å². The van der Waals surface area contributed by atoms with Gasteiger partial charge in [-0.3, -0.25) is 0 Å².